The van der Waals surface area contributed by atoms with Gasteiger partial charge in [0.05, 0.1) is 17.7 Å². The van der Waals surface area contributed by atoms with E-state index >= 15 is 0 Å². The lowest BCUT2D eigenvalue weighted by Gasteiger charge is -2.18. The Bertz CT molecular complexity index is 1340. The first-order chi connectivity index (χ1) is 16.2. The first kappa shape index (κ1) is 26.4. The fourth-order valence-corrected chi connectivity index (χ4v) is 5.09. The highest BCUT2D eigenvalue weighted by molar-refractivity contribution is 7.98. The van der Waals surface area contributed by atoms with Crippen molar-refractivity contribution in [1.82, 2.24) is 19.4 Å². The Morgan fingerprint density at radius 3 is 2.37 bits per heavy atom. The van der Waals surface area contributed by atoms with E-state index in [1.165, 1.54) is 51.3 Å². The third kappa shape index (κ3) is 5.72. The molecule has 2 aromatic heterocycles. The molecule has 2 aromatic carbocycles. The Morgan fingerprint density at radius 1 is 1.03 bits per heavy atom. The average Bonchev–Trinajstić information content (AvgIpc) is 3.42. The van der Waals surface area contributed by atoms with E-state index in [0.717, 1.165) is 33.8 Å². The molecule has 12 heteroatoms. The number of thioether (sulfide) groups is 1. The number of amides is 1. The van der Waals surface area contributed by atoms with Crippen molar-refractivity contribution < 1.29 is 27.8 Å². The molecule has 0 unspecified atom stereocenters. The molecule has 0 aliphatic carbocycles. The van der Waals surface area contributed by atoms with E-state index in [0.29, 0.717) is 12.2 Å². The number of hydrogen-bond acceptors (Lipinski definition) is 5. The van der Waals surface area contributed by atoms with Crippen LogP contribution in [-0.4, -0.2) is 37.9 Å². The van der Waals surface area contributed by atoms with E-state index in [4.69, 9.17) is 0 Å². The van der Waals surface area contributed by atoms with Crippen LogP contribution < -0.4 is 0 Å². The van der Waals surface area contributed by atoms with Crippen LogP contribution in [0.1, 0.15) is 25.9 Å². The molecule has 2 N–H and O–H groups in total. The van der Waals surface area contributed by atoms with E-state index in [9.17, 15) is 22.4 Å². The Balaban J connectivity index is 0.00000342. The summed E-state index contributed by atoms with van der Waals surface area (Å²) in [5.74, 6) is -4.41. The second-order valence-electron chi connectivity index (χ2n) is 7.36. The van der Waals surface area contributed by atoms with Gasteiger partial charge in [-0.2, -0.15) is 0 Å². The zero-order chi connectivity index (χ0) is 24.4. The number of nitrogens with zero attached hydrogens (tertiary/aromatic N) is 4. The maximum atomic E-state index is 14.1. The quantitative estimate of drug-likeness (QED) is 0.195. The molecule has 0 bridgehead atoms. The SMILES string of the molecule is Cc1ncc(CN(C)C(=O)c2cnc(SCc3c(F)ccc(F)c3F)n2-c2ccc(F)cc2)s1.O. The molecule has 6 nitrogen and oxygen atoms in total. The molecule has 0 saturated carbocycles. The molecule has 184 valence electrons. The number of aromatic nitrogens is 3. The predicted molar refractivity (Wildman–Crippen MR) is 126 cm³/mol. The minimum absolute atomic E-state index is 0. The number of benzene rings is 2. The van der Waals surface area contributed by atoms with Gasteiger partial charge in [-0.05, 0) is 43.3 Å². The molecular formula is C23H20F4N4O2S2. The van der Waals surface area contributed by atoms with Gasteiger partial charge in [-0.1, -0.05) is 11.8 Å². The third-order valence-corrected chi connectivity index (χ3v) is 6.80. The molecule has 0 aliphatic rings. The van der Waals surface area contributed by atoms with Crippen LogP contribution in [0.5, 0.6) is 0 Å². The summed E-state index contributed by atoms with van der Waals surface area (Å²) in [7, 11) is 1.63. The largest absolute Gasteiger partial charge is 0.412 e. The number of carbonyl (C=O) groups excluding carboxylic acids is 1. The van der Waals surface area contributed by atoms with Crippen molar-refractivity contribution in [2.45, 2.75) is 24.4 Å². The standard InChI is InChI=1S/C23H18F4N4OS2.H2O/c1-13-28-9-16(34-13)11-30(2)22(32)20-10-29-23(31(20)15-5-3-14(24)4-6-15)33-12-17-18(25)7-8-19(26)21(17)27;/h3-10H,11-12H2,1-2H3;1H2. The second-order valence-corrected chi connectivity index (χ2v) is 9.62. The highest BCUT2D eigenvalue weighted by Crippen LogP contribution is 2.30. The fraction of sp³-hybridized carbons (Fsp3) is 0.174. The maximum absolute atomic E-state index is 14.1. The summed E-state index contributed by atoms with van der Waals surface area (Å²) in [6.45, 7) is 2.19. The van der Waals surface area contributed by atoms with Crippen molar-refractivity contribution in [3.8, 4) is 5.69 Å². The summed E-state index contributed by atoms with van der Waals surface area (Å²) in [6, 6.07) is 6.96. The maximum Gasteiger partial charge on any atom is 0.272 e. The van der Waals surface area contributed by atoms with E-state index in [2.05, 4.69) is 9.97 Å². The van der Waals surface area contributed by atoms with Crippen molar-refractivity contribution in [1.29, 1.82) is 0 Å². The average molecular weight is 525 g/mol. The van der Waals surface area contributed by atoms with Crippen LogP contribution in [0.25, 0.3) is 5.69 Å². The van der Waals surface area contributed by atoms with Crippen LogP contribution in [0.3, 0.4) is 0 Å². The number of imidazole rings is 1. The van der Waals surface area contributed by atoms with Crippen molar-refractivity contribution >= 4 is 29.0 Å². The molecule has 2 heterocycles. The van der Waals surface area contributed by atoms with Gasteiger partial charge in [0.1, 0.15) is 17.3 Å². The van der Waals surface area contributed by atoms with Crippen LogP contribution in [0.15, 0.2) is 53.9 Å². The Morgan fingerprint density at radius 2 is 1.71 bits per heavy atom. The van der Waals surface area contributed by atoms with Gasteiger partial charge in [-0.3, -0.25) is 9.36 Å². The predicted octanol–water partition coefficient (Wildman–Crippen LogP) is 4.93. The highest BCUT2D eigenvalue weighted by Gasteiger charge is 2.23. The Hall–Kier alpha value is -3.22. The number of halogens is 4. The number of rotatable bonds is 7. The summed E-state index contributed by atoms with van der Waals surface area (Å²) < 4.78 is 56.8. The van der Waals surface area contributed by atoms with E-state index in [-0.39, 0.29) is 28.0 Å². The molecule has 1 amide bonds. The highest BCUT2D eigenvalue weighted by atomic mass is 32.2. The van der Waals surface area contributed by atoms with Crippen molar-refractivity contribution in [2.75, 3.05) is 7.05 Å². The smallest absolute Gasteiger partial charge is 0.272 e. The summed E-state index contributed by atoms with van der Waals surface area (Å²) in [6.07, 6.45) is 3.05. The Labute approximate surface area is 206 Å². The Kier molecular flexibility index (Phi) is 8.30. The first-order valence-corrected chi connectivity index (χ1v) is 11.8. The normalized spacial score (nSPS) is 10.8. The monoisotopic (exact) mass is 524 g/mol. The molecule has 0 aliphatic heterocycles. The van der Waals surface area contributed by atoms with Gasteiger partial charge < -0.3 is 10.4 Å². The lowest BCUT2D eigenvalue weighted by Crippen LogP contribution is -2.27. The van der Waals surface area contributed by atoms with Gasteiger partial charge >= 0.3 is 0 Å². The molecule has 0 spiro atoms. The lowest BCUT2D eigenvalue weighted by atomic mass is 10.2. The topological polar surface area (TPSA) is 82.5 Å². The van der Waals surface area contributed by atoms with Crippen LogP contribution in [0, 0.1) is 30.2 Å². The van der Waals surface area contributed by atoms with Gasteiger partial charge in [0.25, 0.3) is 5.91 Å². The summed E-state index contributed by atoms with van der Waals surface area (Å²) >= 11 is 2.40. The van der Waals surface area contributed by atoms with Crippen molar-refractivity contribution in [3.05, 3.63) is 93.2 Å². The zero-order valence-electron chi connectivity index (χ0n) is 18.6. The summed E-state index contributed by atoms with van der Waals surface area (Å²) in [5, 5.41) is 1.11. The van der Waals surface area contributed by atoms with Gasteiger partial charge in [0.15, 0.2) is 16.8 Å². The van der Waals surface area contributed by atoms with Crippen LogP contribution in [0.2, 0.25) is 0 Å². The van der Waals surface area contributed by atoms with E-state index in [1.54, 1.807) is 13.2 Å². The van der Waals surface area contributed by atoms with Gasteiger partial charge in [0.2, 0.25) is 0 Å². The van der Waals surface area contributed by atoms with Crippen LogP contribution >= 0.6 is 23.1 Å². The van der Waals surface area contributed by atoms with E-state index < -0.39 is 28.8 Å². The number of carbonyl (C=O) groups is 1. The zero-order valence-corrected chi connectivity index (χ0v) is 20.2. The van der Waals surface area contributed by atoms with Gasteiger partial charge in [0, 0.05) is 35.1 Å². The van der Waals surface area contributed by atoms with Crippen LogP contribution in [0.4, 0.5) is 17.6 Å². The number of aryl methyl sites for hydroxylation is 1. The summed E-state index contributed by atoms with van der Waals surface area (Å²) in [5.41, 5.74) is 0.175. The van der Waals surface area contributed by atoms with Gasteiger partial charge in [-0.15, -0.1) is 11.3 Å². The van der Waals surface area contributed by atoms with Crippen molar-refractivity contribution in [2.24, 2.45) is 0 Å². The molecule has 0 saturated heterocycles. The molecule has 0 fully saturated rings. The molecule has 0 radical (unpaired) electrons. The molecular weight excluding hydrogens is 504 g/mol. The minimum atomic E-state index is -1.27. The first-order valence-electron chi connectivity index (χ1n) is 10.00. The molecule has 4 aromatic rings. The number of thiazole rings is 1. The van der Waals surface area contributed by atoms with E-state index in [1.807, 2.05) is 6.92 Å². The second kappa shape index (κ2) is 11.0. The molecule has 0 atom stereocenters. The molecule has 4 rings (SSSR count). The minimum Gasteiger partial charge on any atom is -0.412 e. The van der Waals surface area contributed by atoms with Gasteiger partial charge in [-0.25, -0.2) is 27.5 Å². The third-order valence-electron chi connectivity index (χ3n) is 4.93. The summed E-state index contributed by atoms with van der Waals surface area (Å²) in [4.78, 5) is 24.1. The molecule has 35 heavy (non-hydrogen) atoms. The number of hydrogen-bond donors (Lipinski definition) is 0. The van der Waals surface area contributed by atoms with Crippen molar-refractivity contribution in [3.63, 3.8) is 0 Å². The van der Waals surface area contributed by atoms with Crippen LogP contribution in [-0.2, 0) is 12.3 Å². The lowest BCUT2D eigenvalue weighted by molar-refractivity contribution is 0.0778. The fourth-order valence-electron chi connectivity index (χ4n) is 3.24.